The third-order valence-corrected chi connectivity index (χ3v) is 4.06. The van der Waals surface area contributed by atoms with Crippen LogP contribution >= 0.6 is 0 Å². The fourth-order valence-corrected chi connectivity index (χ4v) is 2.18. The molecule has 0 unspecified atom stereocenters. The molecule has 0 aliphatic heterocycles. The van der Waals surface area contributed by atoms with Crippen molar-refractivity contribution in [2.45, 2.75) is 17.7 Å². The molecule has 0 aliphatic rings. The van der Waals surface area contributed by atoms with E-state index < -0.39 is 15.9 Å². The predicted octanol–water partition coefficient (Wildman–Crippen LogP) is 0.150. The highest BCUT2D eigenvalue weighted by molar-refractivity contribution is 7.89. The van der Waals surface area contributed by atoms with Gasteiger partial charge in [0.2, 0.25) is 15.9 Å². The number of carbonyl (C=O) groups excluding carboxylic acids is 1. The molecule has 0 saturated heterocycles. The SMILES string of the molecule is CN(C)S(=O)(=O)c1cncc([CH]CCC(N)=O)c1. The van der Waals surface area contributed by atoms with E-state index in [0.717, 1.165) is 4.31 Å². The van der Waals surface area contributed by atoms with Gasteiger partial charge in [-0.3, -0.25) is 9.78 Å². The zero-order valence-electron chi connectivity index (χ0n) is 10.3. The van der Waals surface area contributed by atoms with E-state index in [9.17, 15) is 13.2 Å². The fraction of sp³-hybridized carbons (Fsp3) is 0.364. The molecule has 0 spiro atoms. The lowest BCUT2D eigenvalue weighted by Gasteiger charge is -2.11. The highest BCUT2D eigenvalue weighted by atomic mass is 32.2. The minimum Gasteiger partial charge on any atom is -0.370 e. The Morgan fingerprint density at radius 1 is 1.44 bits per heavy atom. The number of primary amides is 1. The van der Waals surface area contributed by atoms with E-state index in [-0.39, 0.29) is 11.3 Å². The van der Waals surface area contributed by atoms with Crippen LogP contribution in [0.3, 0.4) is 0 Å². The van der Waals surface area contributed by atoms with Crippen molar-refractivity contribution in [2.24, 2.45) is 5.73 Å². The fourth-order valence-electron chi connectivity index (χ4n) is 1.28. The maximum absolute atomic E-state index is 11.9. The van der Waals surface area contributed by atoms with Crippen molar-refractivity contribution in [3.05, 3.63) is 30.4 Å². The maximum atomic E-state index is 11.9. The van der Waals surface area contributed by atoms with Crippen molar-refractivity contribution < 1.29 is 13.2 Å². The molecule has 0 atom stereocenters. The van der Waals surface area contributed by atoms with Gasteiger partial charge in [0.15, 0.2) is 0 Å². The molecular weight excluding hydrogens is 254 g/mol. The van der Waals surface area contributed by atoms with Gasteiger partial charge in [0, 0.05) is 32.9 Å². The van der Waals surface area contributed by atoms with Crippen molar-refractivity contribution in [1.29, 1.82) is 0 Å². The summed E-state index contributed by atoms with van der Waals surface area (Å²) in [4.78, 5) is 14.6. The smallest absolute Gasteiger partial charge is 0.244 e. The molecule has 1 rings (SSSR count). The molecule has 1 heterocycles. The van der Waals surface area contributed by atoms with Gasteiger partial charge in [-0.1, -0.05) is 0 Å². The summed E-state index contributed by atoms with van der Waals surface area (Å²) in [5, 5.41) is 0. The van der Waals surface area contributed by atoms with Crippen LogP contribution in [0.2, 0.25) is 0 Å². The van der Waals surface area contributed by atoms with Crippen LogP contribution in [0.15, 0.2) is 23.4 Å². The van der Waals surface area contributed by atoms with E-state index in [4.69, 9.17) is 5.73 Å². The molecule has 1 amide bonds. The lowest BCUT2D eigenvalue weighted by molar-refractivity contribution is -0.117. The number of hydrogen-bond acceptors (Lipinski definition) is 4. The Labute approximate surface area is 107 Å². The van der Waals surface area contributed by atoms with Gasteiger partial charge >= 0.3 is 0 Å². The van der Waals surface area contributed by atoms with Gasteiger partial charge in [-0.2, -0.15) is 0 Å². The van der Waals surface area contributed by atoms with Crippen molar-refractivity contribution in [2.75, 3.05) is 14.1 Å². The second-order valence-electron chi connectivity index (χ2n) is 3.95. The Hall–Kier alpha value is -1.47. The largest absolute Gasteiger partial charge is 0.370 e. The summed E-state index contributed by atoms with van der Waals surface area (Å²) in [6, 6.07) is 1.52. The van der Waals surface area contributed by atoms with Crippen LogP contribution in [0, 0.1) is 6.42 Å². The lowest BCUT2D eigenvalue weighted by atomic mass is 10.1. The maximum Gasteiger partial charge on any atom is 0.244 e. The van der Waals surface area contributed by atoms with E-state index in [1.807, 2.05) is 0 Å². The quantitative estimate of drug-likeness (QED) is 0.796. The van der Waals surface area contributed by atoms with Crippen LogP contribution in [0.25, 0.3) is 0 Å². The van der Waals surface area contributed by atoms with Crippen LogP contribution < -0.4 is 5.73 Å². The van der Waals surface area contributed by atoms with Crippen molar-refractivity contribution in [3.8, 4) is 0 Å². The first-order valence-electron chi connectivity index (χ1n) is 5.33. The van der Waals surface area contributed by atoms with Gasteiger partial charge in [0.1, 0.15) is 4.90 Å². The minimum absolute atomic E-state index is 0.125. The predicted molar refractivity (Wildman–Crippen MR) is 66.9 cm³/mol. The second kappa shape index (κ2) is 5.92. The summed E-state index contributed by atoms with van der Waals surface area (Å²) in [7, 11) is -0.567. The van der Waals surface area contributed by atoms with Crippen LogP contribution in [0.1, 0.15) is 18.4 Å². The third kappa shape index (κ3) is 3.78. The van der Waals surface area contributed by atoms with Crippen LogP contribution in [-0.2, 0) is 14.8 Å². The first-order valence-corrected chi connectivity index (χ1v) is 6.77. The Kier molecular flexibility index (Phi) is 4.80. The van der Waals surface area contributed by atoms with Gasteiger partial charge in [0.05, 0.1) is 0 Å². The second-order valence-corrected chi connectivity index (χ2v) is 6.10. The summed E-state index contributed by atoms with van der Waals surface area (Å²) < 4.78 is 24.9. The average molecular weight is 270 g/mol. The van der Waals surface area contributed by atoms with Crippen molar-refractivity contribution in [1.82, 2.24) is 9.29 Å². The van der Waals surface area contributed by atoms with Gasteiger partial charge in [-0.15, -0.1) is 0 Å². The standard InChI is InChI=1S/C11H16N3O3S/c1-14(2)18(16,17)10-6-9(7-13-8-10)4-3-5-11(12)15/h4,6-8H,3,5H2,1-2H3,(H2,12,15). The van der Waals surface area contributed by atoms with E-state index in [2.05, 4.69) is 4.98 Å². The Morgan fingerprint density at radius 2 is 2.11 bits per heavy atom. The number of aromatic nitrogens is 1. The average Bonchev–Trinajstić information content (AvgIpc) is 2.28. The molecule has 99 valence electrons. The summed E-state index contributed by atoms with van der Waals surface area (Å²) in [6.07, 6.45) is 5.25. The topological polar surface area (TPSA) is 93.4 Å². The molecule has 0 fully saturated rings. The normalized spacial score (nSPS) is 11.7. The van der Waals surface area contributed by atoms with Crippen LogP contribution in [0.4, 0.5) is 0 Å². The highest BCUT2D eigenvalue weighted by Crippen LogP contribution is 2.15. The van der Waals surface area contributed by atoms with Crippen LogP contribution in [-0.4, -0.2) is 37.7 Å². The molecule has 0 aromatic carbocycles. The highest BCUT2D eigenvalue weighted by Gasteiger charge is 2.17. The minimum atomic E-state index is -3.48. The summed E-state index contributed by atoms with van der Waals surface area (Å²) >= 11 is 0. The number of carbonyl (C=O) groups is 1. The third-order valence-electron chi connectivity index (χ3n) is 2.28. The van der Waals surface area contributed by atoms with Crippen molar-refractivity contribution >= 4 is 15.9 Å². The number of sulfonamides is 1. The first-order chi connectivity index (χ1) is 8.34. The molecule has 7 heteroatoms. The molecule has 0 bridgehead atoms. The number of nitrogens with two attached hydrogens (primary N) is 1. The molecule has 1 aromatic heterocycles. The Morgan fingerprint density at radius 3 is 2.67 bits per heavy atom. The zero-order chi connectivity index (χ0) is 13.8. The number of rotatable bonds is 6. The Bertz CT molecular complexity index is 526. The molecule has 6 nitrogen and oxygen atoms in total. The van der Waals surface area contributed by atoms with E-state index in [0.29, 0.717) is 12.0 Å². The van der Waals surface area contributed by atoms with E-state index in [1.165, 1.54) is 32.6 Å². The van der Waals surface area contributed by atoms with Gasteiger partial charge in [-0.05, 0) is 24.5 Å². The van der Waals surface area contributed by atoms with Crippen LogP contribution in [0.5, 0.6) is 0 Å². The van der Waals surface area contributed by atoms with Gasteiger partial charge in [0.25, 0.3) is 0 Å². The Balaban J connectivity index is 2.83. The molecule has 0 saturated carbocycles. The molecule has 1 radical (unpaired) electrons. The zero-order valence-corrected chi connectivity index (χ0v) is 11.1. The summed E-state index contributed by atoms with van der Waals surface area (Å²) in [5.74, 6) is -0.392. The van der Waals surface area contributed by atoms with Crippen molar-refractivity contribution in [3.63, 3.8) is 0 Å². The summed E-state index contributed by atoms with van der Waals surface area (Å²) in [5.41, 5.74) is 5.67. The number of hydrogen-bond donors (Lipinski definition) is 1. The lowest BCUT2D eigenvalue weighted by Crippen LogP contribution is -2.22. The molecule has 1 aromatic rings. The number of nitrogens with zero attached hydrogens (tertiary/aromatic N) is 2. The molecule has 2 N–H and O–H groups in total. The van der Waals surface area contributed by atoms with E-state index >= 15 is 0 Å². The van der Waals surface area contributed by atoms with Gasteiger partial charge < -0.3 is 5.73 Å². The van der Waals surface area contributed by atoms with Gasteiger partial charge in [-0.25, -0.2) is 12.7 Å². The monoisotopic (exact) mass is 270 g/mol. The molecule has 18 heavy (non-hydrogen) atoms. The molecule has 0 aliphatic carbocycles. The number of amides is 1. The summed E-state index contributed by atoms with van der Waals surface area (Å²) in [6.45, 7) is 0. The first kappa shape index (κ1) is 14.6. The number of pyridine rings is 1. The molecular formula is C11H16N3O3S. The van der Waals surface area contributed by atoms with E-state index in [1.54, 1.807) is 6.42 Å².